The van der Waals surface area contributed by atoms with Gasteiger partial charge in [0.1, 0.15) is 18.0 Å². The Morgan fingerprint density at radius 2 is 1.90 bits per heavy atom. The van der Waals surface area contributed by atoms with Crippen molar-refractivity contribution < 1.29 is 18.9 Å². The zero-order chi connectivity index (χ0) is 15.3. The summed E-state index contributed by atoms with van der Waals surface area (Å²) in [5, 5.41) is 0. The zero-order valence-corrected chi connectivity index (χ0v) is 13.2. The number of ether oxygens (including phenoxy) is 4. The molecule has 1 aromatic carbocycles. The maximum absolute atomic E-state index is 5.87. The molecule has 0 aliphatic carbocycles. The minimum absolute atomic E-state index is 0.0548. The number of allylic oxidation sites excluding steroid dienone is 1. The SMILES string of the molecule is C/C=C\[C@@H]1OC(C)(C)O[C@H]1COCc1ccc(OC)cc1. The fourth-order valence-corrected chi connectivity index (χ4v) is 2.36. The molecule has 4 heteroatoms. The summed E-state index contributed by atoms with van der Waals surface area (Å²) >= 11 is 0. The molecule has 1 aliphatic heterocycles. The van der Waals surface area contributed by atoms with E-state index in [2.05, 4.69) is 0 Å². The van der Waals surface area contributed by atoms with Gasteiger partial charge in [0.15, 0.2) is 5.79 Å². The van der Waals surface area contributed by atoms with E-state index in [1.54, 1.807) is 7.11 Å². The molecule has 0 radical (unpaired) electrons. The Balaban J connectivity index is 1.84. The number of methoxy groups -OCH3 is 1. The monoisotopic (exact) mass is 292 g/mol. The molecule has 0 spiro atoms. The second-order valence-corrected chi connectivity index (χ2v) is 5.53. The van der Waals surface area contributed by atoms with Crippen molar-refractivity contribution in [3.63, 3.8) is 0 Å². The van der Waals surface area contributed by atoms with Crippen molar-refractivity contribution in [1.82, 2.24) is 0 Å². The van der Waals surface area contributed by atoms with Crippen LogP contribution in [0.4, 0.5) is 0 Å². The third-order valence-electron chi connectivity index (χ3n) is 3.31. The van der Waals surface area contributed by atoms with Crippen molar-refractivity contribution in [2.45, 2.75) is 45.4 Å². The van der Waals surface area contributed by atoms with Crippen LogP contribution >= 0.6 is 0 Å². The van der Waals surface area contributed by atoms with Crippen LogP contribution in [0.5, 0.6) is 5.75 Å². The van der Waals surface area contributed by atoms with E-state index in [1.807, 2.05) is 57.2 Å². The van der Waals surface area contributed by atoms with Gasteiger partial charge in [0.2, 0.25) is 0 Å². The molecule has 1 saturated heterocycles. The maximum Gasteiger partial charge on any atom is 0.164 e. The average molecular weight is 292 g/mol. The molecule has 2 atom stereocenters. The van der Waals surface area contributed by atoms with Crippen molar-refractivity contribution in [1.29, 1.82) is 0 Å². The molecule has 116 valence electrons. The van der Waals surface area contributed by atoms with Crippen molar-refractivity contribution >= 4 is 0 Å². The lowest BCUT2D eigenvalue weighted by Crippen LogP contribution is -2.26. The van der Waals surface area contributed by atoms with E-state index in [1.165, 1.54) is 0 Å². The van der Waals surface area contributed by atoms with Crippen LogP contribution in [0.25, 0.3) is 0 Å². The molecule has 0 saturated carbocycles. The van der Waals surface area contributed by atoms with Gasteiger partial charge in [-0.3, -0.25) is 0 Å². The Hall–Kier alpha value is -1.36. The summed E-state index contributed by atoms with van der Waals surface area (Å²) in [4.78, 5) is 0. The van der Waals surface area contributed by atoms with Gasteiger partial charge < -0.3 is 18.9 Å². The highest BCUT2D eigenvalue weighted by atomic mass is 16.8. The van der Waals surface area contributed by atoms with E-state index in [0.29, 0.717) is 13.2 Å². The van der Waals surface area contributed by atoms with Crippen molar-refractivity contribution in [3.05, 3.63) is 42.0 Å². The highest BCUT2D eigenvalue weighted by Crippen LogP contribution is 2.29. The minimum Gasteiger partial charge on any atom is -0.497 e. The quantitative estimate of drug-likeness (QED) is 0.754. The first kappa shape index (κ1) is 16.0. The Morgan fingerprint density at radius 3 is 2.52 bits per heavy atom. The molecule has 0 amide bonds. The first-order valence-corrected chi connectivity index (χ1v) is 7.23. The molecule has 0 unspecified atom stereocenters. The third kappa shape index (κ3) is 4.56. The smallest absolute Gasteiger partial charge is 0.164 e. The average Bonchev–Trinajstić information content (AvgIpc) is 2.74. The fourth-order valence-electron chi connectivity index (χ4n) is 2.36. The van der Waals surface area contributed by atoms with Gasteiger partial charge in [0.25, 0.3) is 0 Å². The summed E-state index contributed by atoms with van der Waals surface area (Å²) in [6.45, 7) is 6.88. The highest BCUT2D eigenvalue weighted by Gasteiger charge is 2.39. The molecule has 2 rings (SSSR count). The summed E-state index contributed by atoms with van der Waals surface area (Å²) < 4.78 is 22.6. The lowest BCUT2D eigenvalue weighted by molar-refractivity contribution is -0.148. The third-order valence-corrected chi connectivity index (χ3v) is 3.31. The van der Waals surface area contributed by atoms with Crippen molar-refractivity contribution in [3.8, 4) is 5.75 Å². The molecule has 21 heavy (non-hydrogen) atoms. The largest absolute Gasteiger partial charge is 0.497 e. The van der Waals surface area contributed by atoms with Gasteiger partial charge in [-0.1, -0.05) is 24.3 Å². The Morgan fingerprint density at radius 1 is 1.19 bits per heavy atom. The van der Waals surface area contributed by atoms with E-state index in [4.69, 9.17) is 18.9 Å². The first-order chi connectivity index (χ1) is 10.0. The van der Waals surface area contributed by atoms with Crippen LogP contribution in [-0.4, -0.2) is 31.7 Å². The van der Waals surface area contributed by atoms with E-state index in [9.17, 15) is 0 Å². The van der Waals surface area contributed by atoms with Crippen LogP contribution in [-0.2, 0) is 20.8 Å². The van der Waals surface area contributed by atoms with E-state index in [-0.39, 0.29) is 12.2 Å². The van der Waals surface area contributed by atoms with Crippen LogP contribution in [0.15, 0.2) is 36.4 Å². The maximum atomic E-state index is 5.87. The second kappa shape index (κ2) is 7.07. The van der Waals surface area contributed by atoms with Gasteiger partial charge in [-0.15, -0.1) is 0 Å². The molecule has 0 aromatic heterocycles. The van der Waals surface area contributed by atoms with Gasteiger partial charge in [-0.05, 0) is 38.5 Å². The standard InChI is InChI=1S/C17H24O4/c1-5-6-15-16(21-17(2,3)20-15)12-19-11-13-7-9-14(18-4)10-8-13/h5-10,15-16H,11-12H2,1-4H3/b6-5-/t15-,16-/m0/s1. The molecular weight excluding hydrogens is 268 g/mol. The van der Waals surface area contributed by atoms with Crippen LogP contribution < -0.4 is 4.74 Å². The zero-order valence-electron chi connectivity index (χ0n) is 13.2. The molecule has 0 bridgehead atoms. The van der Waals surface area contributed by atoms with Crippen LogP contribution in [0.1, 0.15) is 26.3 Å². The molecule has 4 nitrogen and oxygen atoms in total. The first-order valence-electron chi connectivity index (χ1n) is 7.23. The fraction of sp³-hybridized carbons (Fsp3) is 0.529. The van der Waals surface area contributed by atoms with Gasteiger partial charge in [-0.25, -0.2) is 0 Å². The predicted octanol–water partition coefficient (Wildman–Crippen LogP) is 3.31. The van der Waals surface area contributed by atoms with Gasteiger partial charge in [0.05, 0.1) is 20.3 Å². The number of hydrogen-bond acceptors (Lipinski definition) is 4. The van der Waals surface area contributed by atoms with Crippen LogP contribution in [0, 0.1) is 0 Å². The predicted molar refractivity (Wildman–Crippen MR) is 81.3 cm³/mol. The molecular formula is C17H24O4. The molecule has 1 aromatic rings. The summed E-state index contributed by atoms with van der Waals surface area (Å²) in [5.41, 5.74) is 1.11. The van der Waals surface area contributed by atoms with Crippen molar-refractivity contribution in [2.75, 3.05) is 13.7 Å². The molecule has 0 N–H and O–H groups in total. The summed E-state index contributed by atoms with van der Waals surface area (Å²) in [6.07, 6.45) is 3.86. The topological polar surface area (TPSA) is 36.9 Å². The number of rotatable bonds is 6. The lowest BCUT2D eigenvalue weighted by atomic mass is 10.2. The summed E-state index contributed by atoms with van der Waals surface area (Å²) in [6, 6.07) is 7.86. The van der Waals surface area contributed by atoms with E-state index >= 15 is 0 Å². The summed E-state index contributed by atoms with van der Waals surface area (Å²) in [7, 11) is 1.66. The molecule has 1 aliphatic rings. The van der Waals surface area contributed by atoms with Crippen LogP contribution in [0.3, 0.4) is 0 Å². The Kier molecular flexibility index (Phi) is 5.39. The lowest BCUT2D eigenvalue weighted by Gasteiger charge is -2.16. The summed E-state index contributed by atoms with van der Waals surface area (Å²) in [5.74, 6) is 0.291. The van der Waals surface area contributed by atoms with E-state index in [0.717, 1.165) is 11.3 Å². The number of hydrogen-bond donors (Lipinski definition) is 0. The normalized spacial score (nSPS) is 24.6. The van der Waals surface area contributed by atoms with Crippen LogP contribution in [0.2, 0.25) is 0 Å². The Bertz CT molecular complexity index is 464. The second-order valence-electron chi connectivity index (χ2n) is 5.53. The molecule has 1 fully saturated rings. The van der Waals surface area contributed by atoms with E-state index < -0.39 is 5.79 Å². The number of benzene rings is 1. The highest BCUT2D eigenvalue weighted by molar-refractivity contribution is 5.26. The van der Waals surface area contributed by atoms with Crippen molar-refractivity contribution in [2.24, 2.45) is 0 Å². The molecule has 1 heterocycles. The van der Waals surface area contributed by atoms with Gasteiger partial charge in [-0.2, -0.15) is 0 Å². The Labute approximate surface area is 126 Å². The van der Waals surface area contributed by atoms with Gasteiger partial charge in [0, 0.05) is 0 Å². The van der Waals surface area contributed by atoms with Gasteiger partial charge >= 0.3 is 0 Å². The minimum atomic E-state index is -0.557.